The van der Waals surface area contributed by atoms with Gasteiger partial charge in [0.25, 0.3) is 11.5 Å². The van der Waals surface area contributed by atoms with Crippen LogP contribution in [0.15, 0.2) is 53.3 Å². The summed E-state index contributed by atoms with van der Waals surface area (Å²) in [6, 6.07) is 12.7. The number of esters is 1. The number of amides is 1. The molecule has 5 aliphatic heterocycles. The Labute approximate surface area is 470 Å². The summed E-state index contributed by atoms with van der Waals surface area (Å²) < 4.78 is 67.7. The van der Waals surface area contributed by atoms with Crippen molar-refractivity contribution in [3.8, 4) is 46.4 Å². The first-order chi connectivity index (χ1) is 39.0. The maximum absolute atomic E-state index is 17.6. The number of hydrogen-bond donors (Lipinski definition) is 2. The number of carbonyl (C=O) groups is 2. The number of anilines is 2. The van der Waals surface area contributed by atoms with E-state index in [1.54, 1.807) is 29.4 Å². The zero-order valence-corrected chi connectivity index (χ0v) is 45.7. The molecule has 3 fully saturated rings. The van der Waals surface area contributed by atoms with Gasteiger partial charge in [0.2, 0.25) is 0 Å². The Kier molecular flexibility index (Phi) is 12.6. The number of alkyl halides is 1. The molecule has 0 saturated carbocycles. The average molecular weight is 1140 g/mol. The van der Waals surface area contributed by atoms with E-state index in [2.05, 4.69) is 22.5 Å². The molecule has 81 heavy (non-hydrogen) atoms. The topological polar surface area (TPSA) is 226 Å². The number of piperazine rings is 1. The molecule has 4 aromatic heterocycles. The fraction of sp³-hybridized carbons (Fsp3) is 0.390. The minimum atomic E-state index is -1.95. The van der Waals surface area contributed by atoms with Crippen LogP contribution in [0.1, 0.15) is 85.8 Å². The summed E-state index contributed by atoms with van der Waals surface area (Å²) >= 11 is 7.89. The lowest BCUT2D eigenvalue weighted by atomic mass is 9.85. The number of thiophene rings is 1. The van der Waals surface area contributed by atoms with Crippen LogP contribution < -0.4 is 25.7 Å². The predicted octanol–water partition coefficient (Wildman–Crippen LogP) is 8.69. The van der Waals surface area contributed by atoms with E-state index >= 15 is 8.78 Å². The van der Waals surface area contributed by atoms with Gasteiger partial charge in [-0.2, -0.15) is 20.5 Å². The number of halogens is 4. The molecule has 3 aromatic carbocycles. The van der Waals surface area contributed by atoms with E-state index in [4.69, 9.17) is 41.5 Å². The number of nitriles is 2. The number of nitrogen functional groups attached to an aromatic ring is 1. The third-order valence-electron chi connectivity index (χ3n) is 17.6. The van der Waals surface area contributed by atoms with Gasteiger partial charge in [0.05, 0.1) is 68.4 Å². The number of benzene rings is 3. The largest absolute Gasteiger partial charge is 0.486 e. The molecule has 3 N–H and O–H groups in total. The van der Waals surface area contributed by atoms with Crippen molar-refractivity contribution in [1.82, 2.24) is 29.3 Å². The van der Waals surface area contributed by atoms with Crippen molar-refractivity contribution in [2.75, 3.05) is 50.0 Å². The first-order valence-electron chi connectivity index (χ1n) is 27.0. The number of nitrogens with two attached hydrogens (primary N) is 1. The highest BCUT2D eigenvalue weighted by atomic mass is 35.5. The van der Waals surface area contributed by atoms with Crippen molar-refractivity contribution in [3.63, 3.8) is 0 Å². The van der Waals surface area contributed by atoms with Gasteiger partial charge in [-0.15, -0.1) is 11.3 Å². The lowest BCUT2D eigenvalue weighted by Crippen LogP contribution is -2.56. The number of aromatic nitrogens is 4. The first-order valence-corrected chi connectivity index (χ1v) is 28.2. The summed E-state index contributed by atoms with van der Waals surface area (Å²) in [6.45, 7) is 8.98. The summed E-state index contributed by atoms with van der Waals surface area (Å²) in [6.07, 6.45) is 2.00. The Morgan fingerprint density at radius 1 is 1.05 bits per heavy atom. The Bertz CT molecular complexity index is 4100. The third kappa shape index (κ3) is 8.05. The lowest BCUT2D eigenvalue weighted by Gasteiger charge is -2.42. The molecule has 22 heteroatoms. The van der Waals surface area contributed by atoms with Crippen molar-refractivity contribution in [2.24, 2.45) is 0 Å². The highest BCUT2D eigenvalue weighted by Crippen LogP contribution is 2.48. The summed E-state index contributed by atoms with van der Waals surface area (Å²) in [4.78, 5) is 61.5. The zero-order chi connectivity index (χ0) is 56.6. The summed E-state index contributed by atoms with van der Waals surface area (Å²) in [7, 11) is 0. The molecule has 17 nitrogen and oxygen atoms in total. The molecule has 1 amide bonds. The van der Waals surface area contributed by atoms with Crippen LogP contribution in [0, 0.1) is 34.3 Å². The number of pyridine rings is 2. The highest BCUT2D eigenvalue weighted by molar-refractivity contribution is 7.23. The van der Waals surface area contributed by atoms with Crippen LogP contribution in [0.5, 0.6) is 11.8 Å². The van der Waals surface area contributed by atoms with E-state index in [1.807, 2.05) is 23.1 Å². The number of aryl methyl sites for hydroxylation is 2. The number of ether oxygens (including phenoxy) is 3. The second kappa shape index (κ2) is 19.4. The monoisotopic (exact) mass is 1140 g/mol. The lowest BCUT2D eigenvalue weighted by molar-refractivity contribution is -0.172. The number of hydrogen-bond acceptors (Lipinski definition) is 16. The Balaban J connectivity index is 0.796. The molecule has 5 atom stereocenters. The third-order valence-corrected chi connectivity index (χ3v) is 18.9. The van der Waals surface area contributed by atoms with Gasteiger partial charge in [-0.3, -0.25) is 14.5 Å². The van der Waals surface area contributed by atoms with Gasteiger partial charge < -0.3 is 39.4 Å². The maximum atomic E-state index is 17.6. The fourth-order valence-corrected chi connectivity index (χ4v) is 14.7. The van der Waals surface area contributed by atoms with E-state index in [9.17, 15) is 34.4 Å². The van der Waals surface area contributed by atoms with Crippen LogP contribution in [0.4, 0.5) is 24.0 Å². The summed E-state index contributed by atoms with van der Waals surface area (Å²) in [5.41, 5.74) is 8.29. The fourth-order valence-electron chi connectivity index (χ4n) is 13.5. The smallest absolute Gasteiger partial charge is 0.343 e. The normalized spacial score (nSPS) is 22.3. The Hall–Kier alpha value is -7.82. The van der Waals surface area contributed by atoms with Gasteiger partial charge in [0, 0.05) is 76.6 Å². The quantitative estimate of drug-likeness (QED) is 0.0912. The molecule has 7 aromatic rings. The predicted molar refractivity (Wildman–Crippen MR) is 297 cm³/mol. The molecule has 1 aliphatic carbocycles. The molecule has 0 radical (unpaired) electrons. The summed E-state index contributed by atoms with van der Waals surface area (Å²) in [5.74, 6) is -2.01. The van der Waals surface area contributed by atoms with Gasteiger partial charge in [-0.05, 0) is 93.5 Å². The molecular formula is C59H52ClF3N10O7S. The number of nitrogens with zero attached hydrogens (tertiary/aromatic N) is 9. The van der Waals surface area contributed by atoms with Gasteiger partial charge in [0.15, 0.2) is 11.4 Å². The second-order valence-electron chi connectivity index (χ2n) is 21.9. The van der Waals surface area contributed by atoms with Crippen molar-refractivity contribution in [1.29, 1.82) is 10.5 Å². The van der Waals surface area contributed by atoms with Crippen LogP contribution in [0.2, 0.25) is 5.02 Å². The molecule has 6 aliphatic rings. The molecule has 13 rings (SSSR count). The summed E-state index contributed by atoms with van der Waals surface area (Å²) in [5, 5.41) is 32.9. The van der Waals surface area contributed by atoms with E-state index in [0.29, 0.717) is 48.5 Å². The number of fused-ring (bicyclic) bond motifs is 8. The van der Waals surface area contributed by atoms with E-state index in [-0.39, 0.29) is 147 Å². The van der Waals surface area contributed by atoms with Crippen molar-refractivity contribution >= 4 is 77.5 Å². The minimum Gasteiger partial charge on any atom is -0.486 e. The number of cyclic esters (lactones) is 1. The number of carbonyl (C=O) groups excluding carboxylic acids is 2. The Morgan fingerprint density at radius 3 is 2.65 bits per heavy atom. The van der Waals surface area contributed by atoms with Crippen LogP contribution >= 0.6 is 22.9 Å². The molecule has 9 heterocycles. The second-order valence-corrected chi connectivity index (χ2v) is 23.4. The Morgan fingerprint density at radius 2 is 1.86 bits per heavy atom. The van der Waals surface area contributed by atoms with Gasteiger partial charge >= 0.3 is 12.0 Å². The molecule has 0 unspecified atom stereocenters. The standard InChI is InChI=1S/C59H52ClF3N10O7S/c1-4-59(77)39-20-43-49-37(25-73(43)55(75)38(39)26-78-56(59)76)32-7-5-8-33-44(12-11-42(67-49)45(32)33)80-29(3)28(2)54(74)72-18-17-70(24-31(72)13-15-64)53-35-19-40(60)47(34-9-10-41(62)51-46(34)36(22-65)52(66)81-51)48(63)50(35)68-57(69-53)79-27-58-14-6-16-71(58)23-30(61)21-58/h9-12,19-20,29-31,77H,2,4-8,13-14,16-18,21,23-27,66H2,1,3H3/t29-,30+,31-,58-,59-/m0/s1. The minimum absolute atomic E-state index is 0.0228. The van der Waals surface area contributed by atoms with Crippen molar-refractivity contribution in [3.05, 3.63) is 109 Å². The van der Waals surface area contributed by atoms with E-state index < -0.39 is 53.0 Å². The van der Waals surface area contributed by atoms with Crippen molar-refractivity contribution in [2.45, 2.75) is 108 Å². The van der Waals surface area contributed by atoms with Crippen LogP contribution in [-0.4, -0.2) is 109 Å². The highest BCUT2D eigenvalue weighted by Gasteiger charge is 2.50. The maximum Gasteiger partial charge on any atom is 0.343 e. The van der Waals surface area contributed by atoms with Gasteiger partial charge in [-0.25, -0.2) is 22.9 Å². The van der Waals surface area contributed by atoms with E-state index in [0.717, 1.165) is 52.3 Å². The van der Waals surface area contributed by atoms with Crippen LogP contribution in [0.25, 0.3) is 54.4 Å². The van der Waals surface area contributed by atoms with E-state index in [1.165, 1.54) is 12.1 Å². The molecular weight excluding hydrogens is 1090 g/mol. The SMILES string of the molecule is C=C(C(=O)N1CCN(c2nc(OC[C@@]34CCCN3C[C@H](F)C4)nc3c(F)c(-c4ccc(F)c5sc(N)c(C#N)c45)c(Cl)cc23)C[C@@H]1CC#N)[C@H](C)Oc1ccc2nc3c(c4c2c1CCC4)Cn1c-3cc2c(c1=O)COC(=O)[C@]2(O)CC. The first kappa shape index (κ1) is 52.5. The van der Waals surface area contributed by atoms with Crippen LogP contribution in [0.3, 0.4) is 0 Å². The molecule has 414 valence electrons. The number of rotatable bonds is 11. The van der Waals surface area contributed by atoms with Gasteiger partial charge in [0.1, 0.15) is 59.5 Å². The van der Waals surface area contributed by atoms with Crippen molar-refractivity contribution < 1.29 is 42.1 Å². The molecule has 3 saturated heterocycles. The number of aliphatic hydroxyl groups is 1. The molecule has 0 bridgehead atoms. The molecule has 0 spiro atoms. The average Bonchev–Trinajstić information content (AvgIpc) is 4.00. The van der Waals surface area contributed by atoms with Gasteiger partial charge in [-0.1, -0.05) is 31.2 Å². The van der Waals surface area contributed by atoms with Crippen LogP contribution in [-0.2, 0) is 45.9 Å². The zero-order valence-electron chi connectivity index (χ0n) is 44.1.